The van der Waals surface area contributed by atoms with Gasteiger partial charge in [-0.2, -0.15) is 0 Å². The molecule has 0 atom stereocenters. The molecule has 1 saturated carbocycles. The summed E-state index contributed by atoms with van der Waals surface area (Å²) >= 11 is 0. The number of hydrogen-bond acceptors (Lipinski definition) is 0. The first kappa shape index (κ1) is 8.74. The van der Waals surface area contributed by atoms with Gasteiger partial charge < -0.3 is 0 Å². The molecule has 0 amide bonds. The Bertz CT molecular complexity index is 324. The highest BCUT2D eigenvalue weighted by molar-refractivity contribution is 5.37. The van der Waals surface area contributed by atoms with E-state index in [4.69, 9.17) is 0 Å². The van der Waals surface area contributed by atoms with Gasteiger partial charge in [0.1, 0.15) is 5.82 Å². The largest absolute Gasteiger partial charge is 0.206 e. The molecule has 1 aliphatic rings. The molecule has 0 saturated heterocycles. The topological polar surface area (TPSA) is 0 Å². The van der Waals surface area contributed by atoms with E-state index in [0.29, 0.717) is 5.92 Å². The highest BCUT2D eigenvalue weighted by atomic mass is 19.1. The molecule has 70 valence electrons. The first-order valence-corrected chi connectivity index (χ1v) is 5.02. The van der Waals surface area contributed by atoms with Crippen molar-refractivity contribution in [3.63, 3.8) is 0 Å². The van der Waals surface area contributed by atoms with E-state index < -0.39 is 0 Å². The third kappa shape index (κ3) is 1.48. The summed E-state index contributed by atoms with van der Waals surface area (Å²) in [4.78, 5) is 0. The maximum absolute atomic E-state index is 13.8. The van der Waals surface area contributed by atoms with Crippen LogP contribution in [-0.4, -0.2) is 0 Å². The van der Waals surface area contributed by atoms with Crippen LogP contribution in [0.3, 0.4) is 0 Å². The monoisotopic (exact) mass is 178 g/mol. The number of halogens is 1. The molecule has 0 aliphatic heterocycles. The molecule has 0 unspecified atom stereocenters. The van der Waals surface area contributed by atoms with E-state index in [1.807, 2.05) is 19.9 Å². The number of aryl methyl sites for hydroxylation is 2. The summed E-state index contributed by atoms with van der Waals surface area (Å²) in [7, 11) is 0. The minimum absolute atomic E-state index is 0.0602. The van der Waals surface area contributed by atoms with Gasteiger partial charge in [-0.15, -0.1) is 0 Å². The fourth-order valence-corrected chi connectivity index (χ4v) is 1.88. The first-order valence-electron chi connectivity index (χ1n) is 5.02. The Kier molecular flexibility index (Phi) is 2.10. The SMILES string of the molecule is CCc1ccc(C)c(C2CC2)c1F. The summed E-state index contributed by atoms with van der Waals surface area (Å²) in [6.07, 6.45) is 3.14. The molecule has 1 aromatic rings. The molecule has 0 heterocycles. The van der Waals surface area contributed by atoms with Crippen LogP contribution in [-0.2, 0) is 6.42 Å². The highest BCUT2D eigenvalue weighted by Gasteiger charge is 2.28. The minimum Gasteiger partial charge on any atom is -0.206 e. The molecular formula is C12H15F. The lowest BCUT2D eigenvalue weighted by molar-refractivity contribution is 0.594. The number of rotatable bonds is 2. The van der Waals surface area contributed by atoms with E-state index >= 15 is 0 Å². The van der Waals surface area contributed by atoms with Crippen molar-refractivity contribution in [2.45, 2.75) is 39.0 Å². The maximum atomic E-state index is 13.8. The second-order valence-corrected chi connectivity index (χ2v) is 3.90. The smallest absolute Gasteiger partial charge is 0.130 e. The van der Waals surface area contributed by atoms with Crippen molar-refractivity contribution in [3.8, 4) is 0 Å². The molecule has 0 nitrogen and oxygen atoms in total. The minimum atomic E-state index is 0.0602. The van der Waals surface area contributed by atoms with Crippen LogP contribution in [0, 0.1) is 12.7 Å². The third-order valence-corrected chi connectivity index (χ3v) is 2.84. The van der Waals surface area contributed by atoms with Gasteiger partial charge in [0.25, 0.3) is 0 Å². The van der Waals surface area contributed by atoms with Crippen LogP contribution < -0.4 is 0 Å². The lowest BCUT2D eigenvalue weighted by atomic mass is 9.99. The van der Waals surface area contributed by atoms with Crippen molar-refractivity contribution in [2.75, 3.05) is 0 Å². The molecule has 1 aliphatic carbocycles. The predicted molar refractivity (Wildman–Crippen MR) is 52.5 cm³/mol. The number of benzene rings is 1. The van der Waals surface area contributed by atoms with Crippen LogP contribution in [0.25, 0.3) is 0 Å². The zero-order valence-corrected chi connectivity index (χ0v) is 8.23. The van der Waals surface area contributed by atoms with Crippen molar-refractivity contribution >= 4 is 0 Å². The van der Waals surface area contributed by atoms with Gasteiger partial charge in [0.2, 0.25) is 0 Å². The number of hydrogen-bond donors (Lipinski definition) is 0. The summed E-state index contributed by atoms with van der Waals surface area (Å²) in [6, 6.07) is 3.96. The molecule has 1 aromatic carbocycles. The first-order chi connectivity index (χ1) is 6.24. The van der Waals surface area contributed by atoms with Crippen LogP contribution in [0.1, 0.15) is 42.4 Å². The van der Waals surface area contributed by atoms with Crippen LogP contribution >= 0.6 is 0 Å². The Morgan fingerprint density at radius 1 is 1.38 bits per heavy atom. The van der Waals surface area contributed by atoms with Gasteiger partial charge in [-0.3, -0.25) is 0 Å². The lowest BCUT2D eigenvalue weighted by Gasteiger charge is -2.09. The molecule has 0 N–H and O–H groups in total. The van der Waals surface area contributed by atoms with E-state index in [1.165, 1.54) is 12.8 Å². The van der Waals surface area contributed by atoms with E-state index in [2.05, 4.69) is 6.07 Å². The molecule has 1 fully saturated rings. The maximum Gasteiger partial charge on any atom is 0.130 e. The summed E-state index contributed by atoms with van der Waals surface area (Å²) in [5.74, 6) is 0.580. The van der Waals surface area contributed by atoms with Crippen molar-refractivity contribution in [3.05, 3.63) is 34.6 Å². The Balaban J connectivity index is 2.50. The molecule has 0 aromatic heterocycles. The van der Waals surface area contributed by atoms with E-state index in [9.17, 15) is 4.39 Å². The van der Waals surface area contributed by atoms with E-state index in [0.717, 1.165) is 23.1 Å². The Hall–Kier alpha value is -0.850. The Morgan fingerprint density at radius 3 is 2.62 bits per heavy atom. The van der Waals surface area contributed by atoms with Crippen molar-refractivity contribution < 1.29 is 4.39 Å². The summed E-state index contributed by atoms with van der Waals surface area (Å²) in [6.45, 7) is 4.01. The Morgan fingerprint density at radius 2 is 2.08 bits per heavy atom. The lowest BCUT2D eigenvalue weighted by Crippen LogP contribution is -1.97. The zero-order valence-electron chi connectivity index (χ0n) is 8.23. The van der Waals surface area contributed by atoms with Gasteiger partial charge in [0.15, 0.2) is 0 Å². The van der Waals surface area contributed by atoms with Gasteiger partial charge in [-0.25, -0.2) is 4.39 Å². The molecule has 1 heteroatoms. The molecule has 0 bridgehead atoms. The summed E-state index contributed by atoms with van der Waals surface area (Å²) in [5, 5.41) is 0. The normalized spacial score (nSPS) is 16.2. The van der Waals surface area contributed by atoms with Gasteiger partial charge in [0, 0.05) is 0 Å². The van der Waals surface area contributed by atoms with Crippen molar-refractivity contribution in [1.29, 1.82) is 0 Å². The Labute approximate surface area is 78.8 Å². The second kappa shape index (κ2) is 3.13. The van der Waals surface area contributed by atoms with Crippen molar-refractivity contribution in [2.24, 2.45) is 0 Å². The van der Waals surface area contributed by atoms with Crippen LogP contribution in [0.5, 0.6) is 0 Å². The zero-order chi connectivity index (χ0) is 9.42. The quantitative estimate of drug-likeness (QED) is 0.649. The average Bonchev–Trinajstić information content (AvgIpc) is 2.89. The van der Waals surface area contributed by atoms with E-state index in [-0.39, 0.29) is 5.82 Å². The van der Waals surface area contributed by atoms with Gasteiger partial charge in [0.05, 0.1) is 0 Å². The van der Waals surface area contributed by atoms with Crippen LogP contribution in [0.4, 0.5) is 4.39 Å². The van der Waals surface area contributed by atoms with Gasteiger partial charge in [-0.1, -0.05) is 19.1 Å². The fourth-order valence-electron chi connectivity index (χ4n) is 1.88. The molecular weight excluding hydrogens is 163 g/mol. The fraction of sp³-hybridized carbons (Fsp3) is 0.500. The van der Waals surface area contributed by atoms with Crippen molar-refractivity contribution in [1.82, 2.24) is 0 Å². The third-order valence-electron chi connectivity index (χ3n) is 2.84. The van der Waals surface area contributed by atoms with Gasteiger partial charge in [-0.05, 0) is 48.8 Å². The van der Waals surface area contributed by atoms with Gasteiger partial charge >= 0.3 is 0 Å². The van der Waals surface area contributed by atoms with E-state index in [1.54, 1.807) is 0 Å². The summed E-state index contributed by atoms with van der Waals surface area (Å²) < 4.78 is 13.8. The second-order valence-electron chi connectivity index (χ2n) is 3.90. The molecule has 0 radical (unpaired) electrons. The molecule has 0 spiro atoms. The standard InChI is InChI=1S/C12H15F/c1-3-9-5-4-8(2)11(12(9)13)10-6-7-10/h4-5,10H,3,6-7H2,1-2H3. The van der Waals surface area contributed by atoms with Crippen LogP contribution in [0.2, 0.25) is 0 Å². The summed E-state index contributed by atoms with van der Waals surface area (Å²) in [5.41, 5.74) is 2.98. The highest BCUT2D eigenvalue weighted by Crippen LogP contribution is 2.43. The molecule has 13 heavy (non-hydrogen) atoms. The molecule has 2 rings (SSSR count). The van der Waals surface area contributed by atoms with Crippen LogP contribution in [0.15, 0.2) is 12.1 Å². The average molecular weight is 178 g/mol. The predicted octanol–water partition coefficient (Wildman–Crippen LogP) is 3.57.